The smallest absolute Gasteiger partial charge is 0.224 e. The molecule has 0 bridgehead atoms. The number of benzene rings is 1. The average molecular weight is 232 g/mol. The Morgan fingerprint density at radius 2 is 1.82 bits per heavy atom. The quantitative estimate of drug-likeness (QED) is 0.867. The lowest BCUT2D eigenvalue weighted by molar-refractivity contribution is -0.132. The summed E-state index contributed by atoms with van der Waals surface area (Å²) in [6, 6.07) is 9.66. The summed E-state index contributed by atoms with van der Waals surface area (Å²) in [5.74, 6) is 0.195. The van der Waals surface area contributed by atoms with Crippen LogP contribution in [0.25, 0.3) is 0 Å². The summed E-state index contributed by atoms with van der Waals surface area (Å²) in [5.41, 5.74) is 7.09. The van der Waals surface area contributed by atoms with Gasteiger partial charge in [0.2, 0.25) is 5.91 Å². The van der Waals surface area contributed by atoms with E-state index in [4.69, 9.17) is 5.73 Å². The zero-order valence-corrected chi connectivity index (χ0v) is 10.1. The predicted molar refractivity (Wildman–Crippen MR) is 68.4 cm³/mol. The average Bonchev–Trinajstić information content (AvgIpc) is 2.40. The van der Waals surface area contributed by atoms with Crippen molar-refractivity contribution in [1.82, 2.24) is 4.90 Å². The van der Waals surface area contributed by atoms with E-state index in [1.165, 1.54) is 6.42 Å². The van der Waals surface area contributed by atoms with E-state index in [0.29, 0.717) is 6.42 Å². The highest BCUT2D eigenvalue weighted by Crippen LogP contribution is 2.17. The Morgan fingerprint density at radius 3 is 2.47 bits per heavy atom. The van der Waals surface area contributed by atoms with Gasteiger partial charge in [0.25, 0.3) is 0 Å². The summed E-state index contributed by atoms with van der Waals surface area (Å²) in [6.45, 7) is 1.81. The summed E-state index contributed by atoms with van der Waals surface area (Å²) >= 11 is 0. The van der Waals surface area contributed by atoms with Crippen LogP contribution < -0.4 is 5.73 Å². The Balaban J connectivity index is 1.89. The second kappa shape index (κ2) is 5.82. The van der Waals surface area contributed by atoms with E-state index in [1.807, 2.05) is 35.2 Å². The number of rotatable bonds is 3. The minimum atomic E-state index is -0.175. The third-order valence-electron chi connectivity index (χ3n) is 3.33. The fourth-order valence-corrected chi connectivity index (χ4v) is 2.28. The van der Waals surface area contributed by atoms with Gasteiger partial charge in [0.1, 0.15) is 0 Å². The van der Waals surface area contributed by atoms with Crippen LogP contribution in [0.4, 0.5) is 0 Å². The lowest BCUT2D eigenvalue weighted by Gasteiger charge is -2.27. The number of carbonyl (C=O) groups is 1. The van der Waals surface area contributed by atoms with Gasteiger partial charge in [0, 0.05) is 25.6 Å². The van der Waals surface area contributed by atoms with Crippen molar-refractivity contribution in [2.75, 3.05) is 13.1 Å². The van der Waals surface area contributed by atoms with Crippen LogP contribution in [0.5, 0.6) is 0 Å². The number of hydrogen-bond donors (Lipinski definition) is 1. The van der Waals surface area contributed by atoms with Crippen LogP contribution in [0.2, 0.25) is 0 Å². The molecule has 92 valence electrons. The van der Waals surface area contributed by atoms with E-state index < -0.39 is 0 Å². The Labute approximate surface area is 103 Å². The molecule has 1 amide bonds. The van der Waals surface area contributed by atoms with E-state index in [0.717, 1.165) is 31.5 Å². The predicted octanol–water partition coefficient (Wildman–Crippen LogP) is 2.09. The van der Waals surface area contributed by atoms with Crippen LogP contribution >= 0.6 is 0 Å². The second-order valence-corrected chi connectivity index (χ2v) is 4.66. The third kappa shape index (κ3) is 3.30. The highest BCUT2D eigenvalue weighted by molar-refractivity contribution is 5.77. The molecule has 0 spiro atoms. The number of amides is 1. The molecule has 2 rings (SSSR count). The van der Waals surface area contributed by atoms with Crippen molar-refractivity contribution < 1.29 is 4.79 Å². The lowest BCUT2D eigenvalue weighted by Crippen LogP contribution is -2.37. The van der Waals surface area contributed by atoms with Crippen LogP contribution in [0.1, 0.15) is 37.3 Å². The molecular weight excluding hydrogens is 212 g/mol. The summed E-state index contributed by atoms with van der Waals surface area (Å²) in [4.78, 5) is 14.0. The summed E-state index contributed by atoms with van der Waals surface area (Å²) in [5, 5.41) is 0. The van der Waals surface area contributed by atoms with Gasteiger partial charge >= 0.3 is 0 Å². The highest BCUT2D eigenvalue weighted by Gasteiger charge is 2.19. The maximum Gasteiger partial charge on any atom is 0.224 e. The number of piperidine rings is 1. The molecule has 1 atom stereocenters. The molecule has 1 aromatic rings. The number of likely N-dealkylation sites (tertiary alicyclic amines) is 1. The number of hydrogen-bond acceptors (Lipinski definition) is 2. The van der Waals surface area contributed by atoms with Gasteiger partial charge in [-0.05, 0) is 24.8 Å². The monoisotopic (exact) mass is 232 g/mol. The van der Waals surface area contributed by atoms with Gasteiger partial charge in [-0.1, -0.05) is 30.3 Å². The van der Waals surface area contributed by atoms with E-state index in [-0.39, 0.29) is 11.9 Å². The second-order valence-electron chi connectivity index (χ2n) is 4.66. The summed E-state index contributed by atoms with van der Waals surface area (Å²) in [6.07, 6.45) is 3.93. The zero-order valence-electron chi connectivity index (χ0n) is 10.1. The number of nitrogens with zero attached hydrogens (tertiary/aromatic N) is 1. The Morgan fingerprint density at radius 1 is 1.18 bits per heavy atom. The molecule has 1 heterocycles. The maximum atomic E-state index is 12.0. The van der Waals surface area contributed by atoms with Gasteiger partial charge in [-0.2, -0.15) is 0 Å². The van der Waals surface area contributed by atoms with E-state index >= 15 is 0 Å². The fraction of sp³-hybridized carbons (Fsp3) is 0.500. The van der Waals surface area contributed by atoms with E-state index in [9.17, 15) is 4.79 Å². The van der Waals surface area contributed by atoms with Gasteiger partial charge < -0.3 is 10.6 Å². The van der Waals surface area contributed by atoms with Crippen molar-refractivity contribution in [2.45, 2.75) is 31.7 Å². The third-order valence-corrected chi connectivity index (χ3v) is 3.33. The van der Waals surface area contributed by atoms with Crippen LogP contribution in [-0.4, -0.2) is 23.9 Å². The first-order valence-corrected chi connectivity index (χ1v) is 6.35. The zero-order chi connectivity index (χ0) is 12.1. The topological polar surface area (TPSA) is 46.3 Å². The minimum absolute atomic E-state index is 0.175. The number of carbonyl (C=O) groups excluding carboxylic acids is 1. The normalized spacial score (nSPS) is 17.8. The number of nitrogens with two attached hydrogens (primary N) is 1. The molecule has 1 aliphatic rings. The van der Waals surface area contributed by atoms with Crippen LogP contribution in [0.15, 0.2) is 30.3 Å². The standard InChI is InChI=1S/C14H20N2O/c15-13(12-7-3-1-4-8-12)11-14(17)16-9-5-2-6-10-16/h1,3-4,7-8,13H,2,5-6,9-11,15H2. The minimum Gasteiger partial charge on any atom is -0.343 e. The maximum absolute atomic E-state index is 12.0. The molecule has 3 heteroatoms. The van der Waals surface area contributed by atoms with Crippen molar-refractivity contribution in [3.05, 3.63) is 35.9 Å². The molecule has 3 nitrogen and oxygen atoms in total. The van der Waals surface area contributed by atoms with Crippen LogP contribution in [0.3, 0.4) is 0 Å². The van der Waals surface area contributed by atoms with Gasteiger partial charge in [0.05, 0.1) is 0 Å². The Bertz CT molecular complexity index is 358. The van der Waals surface area contributed by atoms with Crippen molar-refractivity contribution in [3.63, 3.8) is 0 Å². The first-order valence-electron chi connectivity index (χ1n) is 6.35. The van der Waals surface area contributed by atoms with Crippen LogP contribution in [-0.2, 0) is 4.79 Å². The summed E-state index contributed by atoms with van der Waals surface area (Å²) in [7, 11) is 0. The van der Waals surface area contributed by atoms with Gasteiger partial charge in [-0.15, -0.1) is 0 Å². The largest absolute Gasteiger partial charge is 0.343 e. The molecule has 0 radical (unpaired) electrons. The van der Waals surface area contributed by atoms with Crippen molar-refractivity contribution in [1.29, 1.82) is 0 Å². The van der Waals surface area contributed by atoms with Gasteiger partial charge in [-0.3, -0.25) is 4.79 Å². The molecular formula is C14H20N2O. The Kier molecular flexibility index (Phi) is 4.15. The highest BCUT2D eigenvalue weighted by atomic mass is 16.2. The van der Waals surface area contributed by atoms with Crippen molar-refractivity contribution in [2.24, 2.45) is 5.73 Å². The van der Waals surface area contributed by atoms with E-state index in [1.54, 1.807) is 0 Å². The molecule has 1 aromatic carbocycles. The molecule has 0 aromatic heterocycles. The van der Waals surface area contributed by atoms with Gasteiger partial charge in [-0.25, -0.2) is 0 Å². The van der Waals surface area contributed by atoms with Crippen LogP contribution in [0, 0.1) is 0 Å². The first kappa shape index (κ1) is 12.1. The van der Waals surface area contributed by atoms with E-state index in [2.05, 4.69) is 0 Å². The molecule has 2 N–H and O–H groups in total. The molecule has 1 unspecified atom stereocenters. The van der Waals surface area contributed by atoms with Crippen molar-refractivity contribution >= 4 is 5.91 Å². The molecule has 1 fully saturated rings. The molecule has 17 heavy (non-hydrogen) atoms. The van der Waals surface area contributed by atoms with Crippen molar-refractivity contribution in [3.8, 4) is 0 Å². The SMILES string of the molecule is NC(CC(=O)N1CCCCC1)c1ccccc1. The lowest BCUT2D eigenvalue weighted by atomic mass is 10.0. The molecule has 0 aliphatic carbocycles. The molecule has 0 saturated carbocycles. The molecule has 1 aliphatic heterocycles. The van der Waals surface area contributed by atoms with Gasteiger partial charge in [0.15, 0.2) is 0 Å². The molecule has 1 saturated heterocycles. The fourth-order valence-electron chi connectivity index (χ4n) is 2.28. The first-order chi connectivity index (χ1) is 8.27. The Hall–Kier alpha value is -1.35. The summed E-state index contributed by atoms with van der Waals surface area (Å²) < 4.78 is 0.